The van der Waals surface area contributed by atoms with Crippen LogP contribution in [0.1, 0.15) is 22.3 Å². The first kappa shape index (κ1) is 17.7. The van der Waals surface area contributed by atoms with E-state index in [0.29, 0.717) is 13.1 Å². The van der Waals surface area contributed by atoms with Gasteiger partial charge >= 0.3 is 0 Å². The highest BCUT2D eigenvalue weighted by Gasteiger charge is 2.02. The first-order chi connectivity index (χ1) is 12.7. The van der Waals surface area contributed by atoms with Crippen LogP contribution in [0.2, 0.25) is 0 Å². The van der Waals surface area contributed by atoms with Gasteiger partial charge in [0.2, 0.25) is 0 Å². The van der Waals surface area contributed by atoms with Crippen LogP contribution < -0.4 is 10.6 Å². The summed E-state index contributed by atoms with van der Waals surface area (Å²) in [6, 6.07) is 16.8. The summed E-state index contributed by atoms with van der Waals surface area (Å²) in [5.74, 6) is 0.787. The Labute approximate surface area is 154 Å². The molecule has 6 heteroatoms. The van der Waals surface area contributed by atoms with Crippen molar-refractivity contribution in [2.24, 2.45) is 4.99 Å². The van der Waals surface area contributed by atoms with Gasteiger partial charge in [-0.15, -0.1) is 0 Å². The SMILES string of the molecule is CN=C(NCc1cccc(Cn2cncn2)c1)NCc1ccccc1C. The van der Waals surface area contributed by atoms with Crippen molar-refractivity contribution in [1.82, 2.24) is 25.4 Å². The maximum Gasteiger partial charge on any atom is 0.191 e. The van der Waals surface area contributed by atoms with Gasteiger partial charge in [0.15, 0.2) is 5.96 Å². The first-order valence-electron chi connectivity index (χ1n) is 8.64. The number of benzene rings is 2. The molecule has 0 aliphatic heterocycles. The van der Waals surface area contributed by atoms with Crippen LogP contribution >= 0.6 is 0 Å². The second-order valence-corrected chi connectivity index (χ2v) is 6.12. The number of hydrogen-bond acceptors (Lipinski definition) is 3. The van der Waals surface area contributed by atoms with Crippen LogP contribution in [0.15, 0.2) is 66.2 Å². The molecular formula is C20H24N6. The quantitative estimate of drug-likeness (QED) is 0.531. The van der Waals surface area contributed by atoms with Gasteiger partial charge in [-0.05, 0) is 29.2 Å². The Morgan fingerprint density at radius 2 is 1.85 bits per heavy atom. The molecule has 3 aromatic rings. The Bertz CT molecular complexity index is 854. The van der Waals surface area contributed by atoms with Gasteiger partial charge in [0, 0.05) is 20.1 Å². The van der Waals surface area contributed by atoms with Crippen LogP contribution in [-0.4, -0.2) is 27.8 Å². The van der Waals surface area contributed by atoms with Crippen LogP contribution in [0.5, 0.6) is 0 Å². The monoisotopic (exact) mass is 348 g/mol. The summed E-state index contributed by atoms with van der Waals surface area (Å²) in [5.41, 5.74) is 4.93. The van der Waals surface area contributed by atoms with Crippen LogP contribution in [-0.2, 0) is 19.6 Å². The van der Waals surface area contributed by atoms with Crippen LogP contribution in [0.25, 0.3) is 0 Å². The second-order valence-electron chi connectivity index (χ2n) is 6.12. The van der Waals surface area contributed by atoms with Gasteiger partial charge in [-0.3, -0.25) is 4.99 Å². The van der Waals surface area contributed by atoms with E-state index < -0.39 is 0 Å². The summed E-state index contributed by atoms with van der Waals surface area (Å²) in [6.07, 6.45) is 3.28. The third kappa shape index (κ3) is 4.92. The number of aliphatic imine (C=N–C) groups is 1. The van der Waals surface area contributed by atoms with E-state index in [-0.39, 0.29) is 0 Å². The van der Waals surface area contributed by atoms with Crippen LogP contribution in [0.4, 0.5) is 0 Å². The average molecular weight is 348 g/mol. The van der Waals surface area contributed by atoms with Crippen molar-refractivity contribution in [3.05, 3.63) is 83.4 Å². The van der Waals surface area contributed by atoms with E-state index in [1.54, 1.807) is 19.7 Å². The Morgan fingerprint density at radius 1 is 1.04 bits per heavy atom. The van der Waals surface area contributed by atoms with E-state index in [0.717, 1.165) is 12.5 Å². The number of aromatic nitrogens is 3. The van der Waals surface area contributed by atoms with E-state index in [4.69, 9.17) is 0 Å². The Morgan fingerprint density at radius 3 is 2.62 bits per heavy atom. The van der Waals surface area contributed by atoms with Gasteiger partial charge < -0.3 is 10.6 Å². The number of guanidine groups is 1. The van der Waals surface area contributed by atoms with Crippen LogP contribution in [0, 0.1) is 6.92 Å². The van der Waals surface area contributed by atoms with Crippen molar-refractivity contribution in [3.8, 4) is 0 Å². The molecule has 0 bridgehead atoms. The predicted molar refractivity (Wildman–Crippen MR) is 104 cm³/mol. The molecule has 26 heavy (non-hydrogen) atoms. The minimum atomic E-state index is 0.707. The zero-order valence-electron chi connectivity index (χ0n) is 15.2. The Hall–Kier alpha value is -3.15. The Kier molecular flexibility index (Phi) is 5.98. The molecule has 3 rings (SSSR count). The van der Waals surface area contributed by atoms with Crippen molar-refractivity contribution in [2.45, 2.75) is 26.6 Å². The van der Waals surface area contributed by atoms with E-state index in [1.165, 1.54) is 22.3 Å². The number of aryl methyl sites for hydroxylation is 1. The molecule has 0 unspecified atom stereocenters. The average Bonchev–Trinajstić information content (AvgIpc) is 3.16. The lowest BCUT2D eigenvalue weighted by Crippen LogP contribution is -2.36. The predicted octanol–water partition coefficient (Wildman–Crippen LogP) is 2.50. The number of nitrogens with one attached hydrogen (secondary N) is 2. The largest absolute Gasteiger partial charge is 0.352 e. The molecule has 1 aromatic heterocycles. The second kappa shape index (κ2) is 8.80. The van der Waals surface area contributed by atoms with Crippen molar-refractivity contribution in [2.75, 3.05) is 7.05 Å². The van der Waals surface area contributed by atoms with Crippen molar-refractivity contribution < 1.29 is 0 Å². The van der Waals surface area contributed by atoms with Crippen molar-refractivity contribution >= 4 is 5.96 Å². The standard InChI is InChI=1S/C20H24N6/c1-16-6-3-4-9-19(16)12-24-20(21-2)23-11-17-7-5-8-18(10-17)13-26-15-22-14-25-26/h3-10,14-15H,11-13H2,1-2H3,(H2,21,23,24). The maximum absolute atomic E-state index is 4.30. The molecular weight excluding hydrogens is 324 g/mol. The highest BCUT2D eigenvalue weighted by Crippen LogP contribution is 2.07. The first-order valence-corrected chi connectivity index (χ1v) is 8.64. The third-order valence-electron chi connectivity index (χ3n) is 4.19. The summed E-state index contributed by atoms with van der Waals surface area (Å²) in [5, 5.41) is 10.9. The van der Waals surface area contributed by atoms with Gasteiger partial charge in [0.1, 0.15) is 12.7 Å². The molecule has 0 saturated heterocycles. The molecule has 134 valence electrons. The molecule has 0 spiro atoms. The fraction of sp³-hybridized carbons (Fsp3) is 0.250. The van der Waals surface area contributed by atoms with E-state index in [2.05, 4.69) is 81.2 Å². The lowest BCUT2D eigenvalue weighted by Gasteiger charge is -2.13. The van der Waals surface area contributed by atoms with E-state index in [9.17, 15) is 0 Å². The highest BCUT2D eigenvalue weighted by atomic mass is 15.3. The molecule has 1 heterocycles. The fourth-order valence-corrected chi connectivity index (χ4v) is 2.73. The smallest absolute Gasteiger partial charge is 0.191 e. The summed E-state index contributed by atoms with van der Waals surface area (Å²) in [4.78, 5) is 8.28. The van der Waals surface area contributed by atoms with Crippen molar-refractivity contribution in [3.63, 3.8) is 0 Å². The van der Waals surface area contributed by atoms with Crippen molar-refractivity contribution in [1.29, 1.82) is 0 Å². The molecule has 0 aliphatic rings. The third-order valence-corrected chi connectivity index (χ3v) is 4.19. The molecule has 0 saturated carbocycles. The highest BCUT2D eigenvalue weighted by molar-refractivity contribution is 5.79. The maximum atomic E-state index is 4.30. The van der Waals surface area contributed by atoms with Crippen LogP contribution in [0.3, 0.4) is 0 Å². The minimum Gasteiger partial charge on any atom is -0.352 e. The van der Waals surface area contributed by atoms with E-state index >= 15 is 0 Å². The summed E-state index contributed by atoms with van der Waals surface area (Å²) < 4.78 is 1.81. The molecule has 0 fully saturated rings. The molecule has 0 atom stereocenters. The number of hydrogen-bond donors (Lipinski definition) is 2. The summed E-state index contributed by atoms with van der Waals surface area (Å²) in [7, 11) is 1.79. The topological polar surface area (TPSA) is 67.1 Å². The lowest BCUT2D eigenvalue weighted by atomic mass is 10.1. The Balaban J connectivity index is 1.54. The lowest BCUT2D eigenvalue weighted by molar-refractivity contribution is 0.683. The van der Waals surface area contributed by atoms with Gasteiger partial charge in [0.05, 0.1) is 6.54 Å². The summed E-state index contributed by atoms with van der Waals surface area (Å²) >= 11 is 0. The zero-order valence-corrected chi connectivity index (χ0v) is 15.2. The molecule has 0 radical (unpaired) electrons. The number of nitrogens with zero attached hydrogens (tertiary/aromatic N) is 4. The molecule has 2 aromatic carbocycles. The van der Waals surface area contributed by atoms with Gasteiger partial charge in [-0.25, -0.2) is 9.67 Å². The normalized spacial score (nSPS) is 11.4. The molecule has 2 N–H and O–H groups in total. The fourth-order valence-electron chi connectivity index (χ4n) is 2.73. The zero-order chi connectivity index (χ0) is 18.2. The number of rotatable bonds is 6. The minimum absolute atomic E-state index is 0.707. The van der Waals surface area contributed by atoms with Gasteiger partial charge in [-0.2, -0.15) is 5.10 Å². The summed E-state index contributed by atoms with van der Waals surface area (Å²) in [6.45, 7) is 4.29. The molecule has 0 aliphatic carbocycles. The van der Waals surface area contributed by atoms with E-state index in [1.807, 2.05) is 4.68 Å². The van der Waals surface area contributed by atoms with Gasteiger partial charge in [0.25, 0.3) is 0 Å². The molecule has 6 nitrogen and oxygen atoms in total. The molecule has 0 amide bonds. The van der Waals surface area contributed by atoms with Gasteiger partial charge in [-0.1, -0.05) is 48.5 Å².